The number of ether oxygens (including phenoxy) is 2. The summed E-state index contributed by atoms with van der Waals surface area (Å²) in [4.78, 5) is 24.9. The number of nitrogens with one attached hydrogen (secondary N) is 1. The summed E-state index contributed by atoms with van der Waals surface area (Å²) < 4.78 is 78.8. The number of para-hydroxylation sites is 1. The average molecular weight is 659 g/mol. The minimum absolute atomic E-state index is 0.00640. The van der Waals surface area contributed by atoms with Gasteiger partial charge in [-0.15, -0.1) is 0 Å². The predicted molar refractivity (Wildman–Crippen MR) is 162 cm³/mol. The summed E-state index contributed by atoms with van der Waals surface area (Å²) in [7, 11) is -3.01. The molecular weight excluding hydrogens is 633 g/mol. The Labute approximate surface area is 262 Å². The lowest BCUT2D eigenvalue weighted by molar-refractivity contribution is -0.137. The van der Waals surface area contributed by atoms with Crippen LogP contribution in [0.3, 0.4) is 0 Å². The summed E-state index contributed by atoms with van der Waals surface area (Å²) in [6.45, 7) is 0.0345. The van der Waals surface area contributed by atoms with Crippen LogP contribution in [0.25, 0.3) is 11.1 Å². The summed E-state index contributed by atoms with van der Waals surface area (Å²) in [6.07, 6.45) is -4.39. The number of nitrogens with zero attached hydrogens (tertiary/aromatic N) is 1. The number of sulfonamides is 1. The topological polar surface area (TPSA) is 102 Å². The molecule has 1 atom stereocenters. The lowest BCUT2D eigenvalue weighted by Gasteiger charge is -2.26. The molecule has 0 saturated heterocycles. The molecule has 0 spiro atoms. The van der Waals surface area contributed by atoms with Crippen LogP contribution in [-0.4, -0.2) is 46.6 Å². The van der Waals surface area contributed by atoms with E-state index >= 15 is 0 Å². The van der Waals surface area contributed by atoms with Crippen molar-refractivity contribution >= 4 is 39.2 Å². The summed E-state index contributed by atoms with van der Waals surface area (Å²) in [5.41, 5.74) is 1.13. The van der Waals surface area contributed by atoms with E-state index in [1.54, 1.807) is 24.3 Å². The standard InChI is InChI=1S/C32H26ClF3N2O6S/c1-43-31(40)23-11-14-29(26(33)18-23)44-16-15-37-30(39)28-19-22-5-2-3-8-27(22)38(28)45(41,42)25-12-9-20(10-13-25)21-6-4-7-24(17-21)32(34,35)36/h2-14,17-18,28H,15-16,19H2,1H3,(H,37,39)/t28-/m0/s1. The number of amides is 1. The van der Waals surface area contributed by atoms with E-state index in [2.05, 4.69) is 10.1 Å². The Hall–Kier alpha value is -4.55. The molecule has 13 heteroatoms. The number of halogens is 4. The highest BCUT2D eigenvalue weighted by Gasteiger charge is 2.42. The second-order valence-corrected chi connectivity index (χ2v) is 12.3. The van der Waals surface area contributed by atoms with Gasteiger partial charge in [0.2, 0.25) is 5.91 Å². The molecule has 45 heavy (non-hydrogen) atoms. The normalized spacial score (nSPS) is 14.5. The lowest BCUT2D eigenvalue weighted by Crippen LogP contribution is -2.48. The zero-order valence-electron chi connectivity index (χ0n) is 23.7. The van der Waals surface area contributed by atoms with Crippen molar-refractivity contribution in [3.8, 4) is 16.9 Å². The molecule has 0 saturated carbocycles. The summed E-state index contributed by atoms with van der Waals surface area (Å²) in [5, 5.41) is 2.88. The van der Waals surface area contributed by atoms with E-state index in [1.807, 2.05) is 0 Å². The molecule has 0 aliphatic carbocycles. The Kier molecular flexibility index (Phi) is 9.08. The molecule has 0 radical (unpaired) electrons. The molecule has 8 nitrogen and oxygen atoms in total. The highest BCUT2D eigenvalue weighted by Crippen LogP contribution is 2.38. The van der Waals surface area contributed by atoms with Gasteiger partial charge in [0.15, 0.2) is 0 Å². The maximum atomic E-state index is 13.9. The molecule has 234 valence electrons. The zero-order chi connectivity index (χ0) is 32.4. The number of hydrogen-bond acceptors (Lipinski definition) is 6. The van der Waals surface area contributed by atoms with Gasteiger partial charge >= 0.3 is 12.1 Å². The Morgan fingerprint density at radius 3 is 2.38 bits per heavy atom. The van der Waals surface area contributed by atoms with Crippen LogP contribution in [0.1, 0.15) is 21.5 Å². The molecule has 1 aliphatic rings. The van der Waals surface area contributed by atoms with Crippen LogP contribution in [0.4, 0.5) is 18.9 Å². The van der Waals surface area contributed by atoms with E-state index in [9.17, 15) is 31.2 Å². The smallest absolute Gasteiger partial charge is 0.416 e. The van der Waals surface area contributed by atoms with Gasteiger partial charge in [-0.25, -0.2) is 13.2 Å². The molecule has 4 aromatic carbocycles. The monoisotopic (exact) mass is 658 g/mol. The van der Waals surface area contributed by atoms with Gasteiger partial charge < -0.3 is 14.8 Å². The van der Waals surface area contributed by atoms with E-state index in [4.69, 9.17) is 16.3 Å². The quantitative estimate of drug-likeness (QED) is 0.172. The molecule has 1 aliphatic heterocycles. The van der Waals surface area contributed by atoms with Crippen molar-refractivity contribution in [2.75, 3.05) is 24.6 Å². The first kappa shape index (κ1) is 31.9. The second-order valence-electron chi connectivity index (χ2n) is 10.0. The minimum Gasteiger partial charge on any atom is -0.490 e. The van der Waals surface area contributed by atoms with Crippen molar-refractivity contribution in [1.29, 1.82) is 0 Å². The van der Waals surface area contributed by atoms with Gasteiger partial charge in [-0.05, 0) is 65.2 Å². The van der Waals surface area contributed by atoms with Crippen molar-refractivity contribution in [2.45, 2.75) is 23.5 Å². The fourth-order valence-corrected chi connectivity index (χ4v) is 6.86. The van der Waals surface area contributed by atoms with E-state index in [0.29, 0.717) is 16.8 Å². The van der Waals surface area contributed by atoms with Gasteiger partial charge in [-0.2, -0.15) is 13.2 Å². The summed E-state index contributed by atoms with van der Waals surface area (Å²) in [6, 6.07) is 20.3. The third-order valence-corrected chi connectivity index (χ3v) is 9.31. The number of methoxy groups -OCH3 is 1. The second kappa shape index (κ2) is 12.8. The highest BCUT2D eigenvalue weighted by molar-refractivity contribution is 7.93. The lowest BCUT2D eigenvalue weighted by atomic mass is 10.0. The number of carbonyl (C=O) groups excluding carboxylic acids is 2. The average Bonchev–Trinajstić information content (AvgIpc) is 3.44. The largest absolute Gasteiger partial charge is 0.490 e. The van der Waals surface area contributed by atoms with Crippen LogP contribution in [0, 0.1) is 0 Å². The Balaban J connectivity index is 1.31. The summed E-state index contributed by atoms with van der Waals surface area (Å²) in [5.74, 6) is -0.824. The van der Waals surface area contributed by atoms with Gasteiger partial charge in [0, 0.05) is 6.42 Å². The van der Waals surface area contributed by atoms with Crippen molar-refractivity contribution in [3.63, 3.8) is 0 Å². The number of anilines is 1. The number of benzene rings is 4. The zero-order valence-corrected chi connectivity index (χ0v) is 25.2. The van der Waals surface area contributed by atoms with Crippen LogP contribution < -0.4 is 14.4 Å². The first-order valence-electron chi connectivity index (χ1n) is 13.6. The number of esters is 1. The first-order valence-corrected chi connectivity index (χ1v) is 15.4. The van der Waals surface area contributed by atoms with Crippen LogP contribution in [0.15, 0.2) is 95.9 Å². The fourth-order valence-electron chi connectivity index (χ4n) is 4.98. The van der Waals surface area contributed by atoms with Gasteiger partial charge in [-0.3, -0.25) is 9.10 Å². The van der Waals surface area contributed by atoms with Gasteiger partial charge in [0.25, 0.3) is 10.0 Å². The molecule has 0 unspecified atom stereocenters. The highest BCUT2D eigenvalue weighted by atomic mass is 35.5. The number of fused-ring (bicyclic) bond motifs is 1. The number of hydrogen-bond donors (Lipinski definition) is 1. The van der Waals surface area contributed by atoms with Gasteiger partial charge in [0.1, 0.15) is 18.4 Å². The number of carbonyl (C=O) groups is 2. The first-order chi connectivity index (χ1) is 21.4. The maximum absolute atomic E-state index is 13.9. The van der Waals surface area contributed by atoms with Crippen molar-refractivity contribution in [1.82, 2.24) is 5.32 Å². The van der Waals surface area contributed by atoms with Crippen LogP contribution in [-0.2, 0) is 32.2 Å². The summed E-state index contributed by atoms with van der Waals surface area (Å²) >= 11 is 6.19. The molecule has 5 rings (SSSR count). The fraction of sp³-hybridized carbons (Fsp3) is 0.188. The maximum Gasteiger partial charge on any atom is 0.416 e. The van der Waals surface area contributed by atoms with E-state index in [0.717, 1.165) is 16.4 Å². The minimum atomic E-state index is -4.52. The van der Waals surface area contributed by atoms with Crippen molar-refractivity contribution < 1.29 is 40.7 Å². The predicted octanol–water partition coefficient (Wildman–Crippen LogP) is 6.13. The molecule has 1 heterocycles. The van der Waals surface area contributed by atoms with Crippen molar-refractivity contribution in [3.05, 3.63) is 113 Å². The SMILES string of the molecule is COC(=O)c1ccc(OCCNC(=O)[C@@H]2Cc3ccccc3N2S(=O)(=O)c2ccc(-c3cccc(C(F)(F)F)c3)cc2)c(Cl)c1. The molecule has 1 amide bonds. The van der Waals surface area contributed by atoms with Gasteiger partial charge in [-0.1, -0.05) is 54.1 Å². The van der Waals surface area contributed by atoms with Crippen molar-refractivity contribution in [2.24, 2.45) is 0 Å². The molecule has 0 fully saturated rings. The molecule has 0 aromatic heterocycles. The molecular formula is C32H26ClF3N2O6S. The number of alkyl halides is 3. The van der Waals surface area contributed by atoms with Gasteiger partial charge in [0.05, 0.1) is 40.4 Å². The molecule has 1 N–H and O–H groups in total. The molecule has 0 bridgehead atoms. The van der Waals surface area contributed by atoms with Crippen LogP contribution in [0.5, 0.6) is 5.75 Å². The van der Waals surface area contributed by atoms with E-state index in [-0.39, 0.29) is 46.4 Å². The van der Waals surface area contributed by atoms with Crippen LogP contribution >= 0.6 is 11.6 Å². The van der Waals surface area contributed by atoms with E-state index < -0.39 is 39.7 Å². The van der Waals surface area contributed by atoms with Crippen LogP contribution in [0.2, 0.25) is 5.02 Å². The Morgan fingerprint density at radius 2 is 1.69 bits per heavy atom. The Morgan fingerprint density at radius 1 is 0.956 bits per heavy atom. The number of rotatable bonds is 9. The third kappa shape index (κ3) is 6.76. The molecule has 4 aromatic rings. The Bertz CT molecular complexity index is 1850. The third-order valence-electron chi connectivity index (χ3n) is 7.17. The van der Waals surface area contributed by atoms with E-state index in [1.165, 1.54) is 61.7 Å².